The van der Waals surface area contributed by atoms with E-state index in [0.29, 0.717) is 6.04 Å². The van der Waals surface area contributed by atoms with Crippen LogP contribution < -0.4 is 0 Å². The number of hydrogen-bond donors (Lipinski definition) is 0. The van der Waals surface area contributed by atoms with Crippen LogP contribution in [0.3, 0.4) is 0 Å². The van der Waals surface area contributed by atoms with Crippen molar-refractivity contribution in [1.29, 1.82) is 0 Å². The minimum Gasteiger partial charge on any atom is -0.301 e. The third kappa shape index (κ3) is 2.80. The van der Waals surface area contributed by atoms with E-state index < -0.39 is 0 Å². The van der Waals surface area contributed by atoms with Gasteiger partial charge in [0.25, 0.3) is 0 Å². The van der Waals surface area contributed by atoms with Gasteiger partial charge in [-0.05, 0) is 19.5 Å². The zero-order valence-electron chi connectivity index (χ0n) is 9.69. The first-order chi connectivity index (χ1) is 7.25. The van der Waals surface area contributed by atoms with Crippen molar-refractivity contribution in [3.8, 4) is 0 Å². The lowest BCUT2D eigenvalue weighted by molar-refractivity contribution is 0.1000. The minimum atomic E-state index is 0.683. The molecule has 0 aliphatic carbocycles. The zero-order chi connectivity index (χ0) is 10.7. The van der Waals surface area contributed by atoms with Crippen LogP contribution in [0.5, 0.6) is 0 Å². The molecule has 1 aromatic rings. The molecule has 0 N–H and O–H groups in total. The zero-order valence-corrected chi connectivity index (χ0v) is 9.69. The summed E-state index contributed by atoms with van der Waals surface area (Å²) in [5, 5.41) is 0. The molecule has 0 amide bonds. The van der Waals surface area contributed by atoms with Crippen molar-refractivity contribution in [3.63, 3.8) is 0 Å². The summed E-state index contributed by atoms with van der Waals surface area (Å²) in [6.07, 6.45) is 0. The molecule has 1 aromatic carbocycles. The SMILES string of the molecule is C[C@@H]1CN(Cc2ccccc2)CCN1C. The van der Waals surface area contributed by atoms with Crippen LogP contribution in [-0.2, 0) is 6.54 Å². The van der Waals surface area contributed by atoms with E-state index in [2.05, 4.69) is 54.1 Å². The van der Waals surface area contributed by atoms with E-state index in [-0.39, 0.29) is 0 Å². The van der Waals surface area contributed by atoms with E-state index in [4.69, 9.17) is 0 Å². The first kappa shape index (κ1) is 10.7. The van der Waals surface area contributed by atoms with Crippen LogP contribution in [0, 0.1) is 0 Å². The summed E-state index contributed by atoms with van der Waals surface area (Å²) in [5.41, 5.74) is 1.43. The molecule has 82 valence electrons. The largest absolute Gasteiger partial charge is 0.301 e. The van der Waals surface area contributed by atoms with E-state index in [1.807, 2.05) is 0 Å². The third-order valence-electron chi connectivity index (χ3n) is 3.29. The molecule has 0 saturated carbocycles. The molecule has 1 atom stereocenters. The van der Waals surface area contributed by atoms with Gasteiger partial charge in [0.15, 0.2) is 0 Å². The first-order valence-electron chi connectivity index (χ1n) is 5.72. The first-order valence-corrected chi connectivity index (χ1v) is 5.72. The number of nitrogens with zero attached hydrogens (tertiary/aromatic N) is 2. The van der Waals surface area contributed by atoms with Crippen molar-refractivity contribution in [2.75, 3.05) is 26.7 Å². The highest BCUT2D eigenvalue weighted by molar-refractivity contribution is 5.14. The van der Waals surface area contributed by atoms with Crippen LogP contribution in [0.25, 0.3) is 0 Å². The second kappa shape index (κ2) is 4.77. The molecule has 1 heterocycles. The van der Waals surface area contributed by atoms with Gasteiger partial charge in [0.05, 0.1) is 0 Å². The van der Waals surface area contributed by atoms with Crippen molar-refractivity contribution >= 4 is 0 Å². The fourth-order valence-electron chi connectivity index (χ4n) is 2.11. The topological polar surface area (TPSA) is 6.48 Å². The van der Waals surface area contributed by atoms with E-state index in [1.54, 1.807) is 0 Å². The molecule has 0 bridgehead atoms. The lowest BCUT2D eigenvalue weighted by Crippen LogP contribution is -2.49. The molecule has 1 aliphatic heterocycles. The predicted molar refractivity (Wildman–Crippen MR) is 63.8 cm³/mol. The summed E-state index contributed by atoms with van der Waals surface area (Å²) in [7, 11) is 2.21. The Hall–Kier alpha value is -0.860. The van der Waals surface area contributed by atoms with Crippen LogP contribution in [0.2, 0.25) is 0 Å². The highest BCUT2D eigenvalue weighted by Crippen LogP contribution is 2.11. The van der Waals surface area contributed by atoms with Crippen LogP contribution in [0.1, 0.15) is 12.5 Å². The normalized spacial score (nSPS) is 24.3. The van der Waals surface area contributed by atoms with Gasteiger partial charge in [-0.1, -0.05) is 30.3 Å². The van der Waals surface area contributed by atoms with E-state index in [0.717, 1.165) is 6.54 Å². The Balaban J connectivity index is 1.91. The highest BCUT2D eigenvalue weighted by Gasteiger charge is 2.20. The fourth-order valence-corrected chi connectivity index (χ4v) is 2.11. The molecular weight excluding hydrogens is 184 g/mol. The molecule has 2 heteroatoms. The Morgan fingerprint density at radius 3 is 2.60 bits per heavy atom. The summed E-state index contributed by atoms with van der Waals surface area (Å²) in [6, 6.07) is 11.4. The van der Waals surface area contributed by atoms with Gasteiger partial charge in [0.1, 0.15) is 0 Å². The second-order valence-corrected chi connectivity index (χ2v) is 4.55. The maximum absolute atomic E-state index is 2.54. The van der Waals surface area contributed by atoms with E-state index >= 15 is 0 Å². The van der Waals surface area contributed by atoms with Crippen molar-refractivity contribution in [3.05, 3.63) is 35.9 Å². The summed E-state index contributed by atoms with van der Waals surface area (Å²) < 4.78 is 0. The van der Waals surface area contributed by atoms with Crippen LogP contribution in [-0.4, -0.2) is 42.5 Å². The second-order valence-electron chi connectivity index (χ2n) is 4.55. The molecule has 1 aliphatic rings. The number of hydrogen-bond acceptors (Lipinski definition) is 2. The van der Waals surface area contributed by atoms with Gasteiger partial charge in [-0.2, -0.15) is 0 Å². The van der Waals surface area contributed by atoms with E-state index in [1.165, 1.54) is 25.2 Å². The van der Waals surface area contributed by atoms with Crippen molar-refractivity contribution in [1.82, 2.24) is 9.80 Å². The number of likely N-dealkylation sites (N-methyl/N-ethyl adjacent to an activating group) is 1. The smallest absolute Gasteiger partial charge is 0.0234 e. The summed E-state index contributed by atoms with van der Waals surface area (Å²) in [6.45, 7) is 6.96. The molecule has 0 unspecified atom stereocenters. The fraction of sp³-hybridized carbons (Fsp3) is 0.538. The molecule has 0 radical (unpaired) electrons. The van der Waals surface area contributed by atoms with Crippen LogP contribution >= 0.6 is 0 Å². The van der Waals surface area contributed by atoms with Crippen molar-refractivity contribution < 1.29 is 0 Å². The molecule has 2 rings (SSSR count). The molecule has 15 heavy (non-hydrogen) atoms. The molecule has 1 fully saturated rings. The monoisotopic (exact) mass is 204 g/mol. The molecule has 0 spiro atoms. The Bertz CT molecular complexity index is 297. The van der Waals surface area contributed by atoms with Gasteiger partial charge in [-0.15, -0.1) is 0 Å². The number of benzene rings is 1. The lowest BCUT2D eigenvalue weighted by Gasteiger charge is -2.37. The van der Waals surface area contributed by atoms with Gasteiger partial charge < -0.3 is 4.90 Å². The summed E-state index contributed by atoms with van der Waals surface area (Å²) >= 11 is 0. The quantitative estimate of drug-likeness (QED) is 0.725. The lowest BCUT2D eigenvalue weighted by atomic mass is 10.1. The average molecular weight is 204 g/mol. The Kier molecular flexibility index (Phi) is 3.39. The molecular formula is C13H20N2. The average Bonchev–Trinajstić information content (AvgIpc) is 2.25. The Morgan fingerprint density at radius 2 is 1.93 bits per heavy atom. The van der Waals surface area contributed by atoms with Gasteiger partial charge in [-0.3, -0.25) is 4.90 Å². The number of piperazine rings is 1. The summed E-state index contributed by atoms with van der Waals surface area (Å²) in [4.78, 5) is 4.97. The molecule has 2 nitrogen and oxygen atoms in total. The van der Waals surface area contributed by atoms with E-state index in [9.17, 15) is 0 Å². The number of rotatable bonds is 2. The molecule has 0 aromatic heterocycles. The highest BCUT2D eigenvalue weighted by atomic mass is 15.3. The van der Waals surface area contributed by atoms with Gasteiger partial charge in [0, 0.05) is 32.2 Å². The maximum Gasteiger partial charge on any atom is 0.0234 e. The third-order valence-corrected chi connectivity index (χ3v) is 3.29. The minimum absolute atomic E-state index is 0.683. The van der Waals surface area contributed by atoms with Crippen LogP contribution in [0.15, 0.2) is 30.3 Å². The van der Waals surface area contributed by atoms with Crippen molar-refractivity contribution in [2.24, 2.45) is 0 Å². The standard InChI is InChI=1S/C13H20N2/c1-12-10-15(9-8-14(12)2)11-13-6-4-3-5-7-13/h3-7,12H,8-11H2,1-2H3/t12-/m1/s1. The Morgan fingerprint density at radius 1 is 1.20 bits per heavy atom. The van der Waals surface area contributed by atoms with Gasteiger partial charge in [0.2, 0.25) is 0 Å². The van der Waals surface area contributed by atoms with Gasteiger partial charge in [-0.25, -0.2) is 0 Å². The van der Waals surface area contributed by atoms with Crippen molar-refractivity contribution in [2.45, 2.75) is 19.5 Å². The molecule has 1 saturated heterocycles. The Labute approximate surface area is 92.5 Å². The summed E-state index contributed by atoms with van der Waals surface area (Å²) in [5.74, 6) is 0. The van der Waals surface area contributed by atoms with Crippen LogP contribution in [0.4, 0.5) is 0 Å². The van der Waals surface area contributed by atoms with Gasteiger partial charge >= 0.3 is 0 Å². The predicted octanol–water partition coefficient (Wildman–Crippen LogP) is 1.82. The maximum atomic E-state index is 2.54.